The first kappa shape index (κ1) is 18.5. The highest BCUT2D eigenvalue weighted by Crippen LogP contribution is 2.27. The lowest BCUT2D eigenvalue weighted by atomic mass is 9.96. The van der Waals surface area contributed by atoms with E-state index < -0.39 is 0 Å². The molecule has 140 valence electrons. The van der Waals surface area contributed by atoms with E-state index in [1.807, 2.05) is 0 Å². The first-order valence-electron chi connectivity index (χ1n) is 10.0. The molecule has 1 saturated carbocycles. The number of ether oxygens (including phenoxy) is 1. The lowest BCUT2D eigenvalue weighted by molar-refractivity contribution is 0.0729. The minimum atomic E-state index is 0.608. The molecule has 2 fully saturated rings. The molecule has 0 amide bonds. The fraction of sp³-hybridized carbons (Fsp3) is 0.750. The molecule has 0 bridgehead atoms. The van der Waals surface area contributed by atoms with Crippen molar-refractivity contribution < 1.29 is 4.74 Å². The summed E-state index contributed by atoms with van der Waals surface area (Å²) in [5.41, 5.74) is 2.33. The third-order valence-corrected chi connectivity index (χ3v) is 5.64. The molecule has 3 rings (SSSR count). The summed E-state index contributed by atoms with van der Waals surface area (Å²) in [5.74, 6) is 0. The highest BCUT2D eigenvalue weighted by Gasteiger charge is 2.17. The van der Waals surface area contributed by atoms with E-state index in [0.717, 1.165) is 51.4 Å². The minimum Gasteiger partial charge on any atom is -0.374 e. The van der Waals surface area contributed by atoms with Gasteiger partial charge in [-0.3, -0.25) is 9.58 Å². The molecular formula is C20H34N4O. The normalized spacial score (nSPS) is 20.1. The molecule has 0 unspecified atom stereocenters. The second kappa shape index (κ2) is 9.39. The monoisotopic (exact) mass is 346 g/mol. The zero-order valence-electron chi connectivity index (χ0n) is 15.8. The van der Waals surface area contributed by atoms with Crippen LogP contribution in [0.5, 0.6) is 0 Å². The molecule has 5 heteroatoms. The molecular weight excluding hydrogens is 312 g/mol. The van der Waals surface area contributed by atoms with Crippen molar-refractivity contribution in [3.05, 3.63) is 30.2 Å². The van der Waals surface area contributed by atoms with Gasteiger partial charge in [0.1, 0.15) is 0 Å². The summed E-state index contributed by atoms with van der Waals surface area (Å²) in [6.45, 7) is 13.2. The Morgan fingerprint density at radius 2 is 1.96 bits per heavy atom. The fourth-order valence-electron chi connectivity index (χ4n) is 3.89. The van der Waals surface area contributed by atoms with Gasteiger partial charge >= 0.3 is 0 Å². The van der Waals surface area contributed by atoms with Crippen LogP contribution in [-0.4, -0.2) is 58.9 Å². The maximum Gasteiger partial charge on any atom is 0.0907 e. The Labute approximate surface area is 152 Å². The predicted molar refractivity (Wildman–Crippen MR) is 101 cm³/mol. The number of hydrogen-bond acceptors (Lipinski definition) is 4. The highest BCUT2D eigenvalue weighted by atomic mass is 16.5. The maximum absolute atomic E-state index is 5.87. The summed E-state index contributed by atoms with van der Waals surface area (Å²) in [6.07, 6.45) is 9.81. The van der Waals surface area contributed by atoms with E-state index in [4.69, 9.17) is 9.84 Å². The average molecular weight is 347 g/mol. The van der Waals surface area contributed by atoms with Crippen LogP contribution in [0.3, 0.4) is 0 Å². The molecule has 0 radical (unpaired) electrons. The molecule has 0 spiro atoms. The molecule has 1 aliphatic carbocycles. The van der Waals surface area contributed by atoms with Gasteiger partial charge < -0.3 is 9.64 Å². The van der Waals surface area contributed by atoms with Gasteiger partial charge in [-0.15, -0.1) is 0 Å². The second-order valence-electron chi connectivity index (χ2n) is 7.38. The van der Waals surface area contributed by atoms with Crippen LogP contribution < -0.4 is 0 Å². The van der Waals surface area contributed by atoms with Gasteiger partial charge in [-0.25, -0.2) is 0 Å². The standard InChI is InChI=1S/C20H34N4O/c1-3-18(2)23-13-11-22(12-14-23)15-16-25-17-19-9-10-24(21-19)20-7-5-4-6-8-20/h9-10,20H,2-8,11-17H2,1H3. The fourth-order valence-corrected chi connectivity index (χ4v) is 3.89. The number of aromatic nitrogens is 2. The van der Waals surface area contributed by atoms with Gasteiger partial charge in [0.25, 0.3) is 0 Å². The van der Waals surface area contributed by atoms with E-state index in [-0.39, 0.29) is 0 Å². The van der Waals surface area contributed by atoms with Crippen molar-refractivity contribution in [2.75, 3.05) is 39.3 Å². The Balaban J connectivity index is 1.31. The van der Waals surface area contributed by atoms with Gasteiger partial charge in [0, 0.05) is 44.6 Å². The largest absolute Gasteiger partial charge is 0.374 e. The van der Waals surface area contributed by atoms with E-state index in [2.05, 4.69) is 40.2 Å². The summed E-state index contributed by atoms with van der Waals surface area (Å²) >= 11 is 0. The Bertz CT molecular complexity index is 528. The molecule has 0 aromatic carbocycles. The maximum atomic E-state index is 5.87. The molecule has 2 aliphatic rings. The summed E-state index contributed by atoms with van der Waals surface area (Å²) < 4.78 is 8.03. The Morgan fingerprint density at radius 1 is 1.20 bits per heavy atom. The van der Waals surface area contributed by atoms with Crippen molar-refractivity contribution in [1.29, 1.82) is 0 Å². The van der Waals surface area contributed by atoms with Gasteiger partial charge in [0.15, 0.2) is 0 Å². The van der Waals surface area contributed by atoms with E-state index in [1.54, 1.807) is 0 Å². The predicted octanol–water partition coefficient (Wildman–Crippen LogP) is 3.45. The molecule has 1 aliphatic heterocycles. The minimum absolute atomic E-state index is 0.608. The van der Waals surface area contributed by atoms with E-state index in [1.165, 1.54) is 37.8 Å². The summed E-state index contributed by atoms with van der Waals surface area (Å²) in [4.78, 5) is 4.90. The number of allylic oxidation sites excluding steroid dienone is 1. The highest BCUT2D eigenvalue weighted by molar-refractivity contribution is 4.98. The van der Waals surface area contributed by atoms with Gasteiger partial charge in [0.05, 0.1) is 24.9 Å². The summed E-state index contributed by atoms with van der Waals surface area (Å²) in [7, 11) is 0. The van der Waals surface area contributed by atoms with Crippen molar-refractivity contribution in [2.24, 2.45) is 0 Å². The van der Waals surface area contributed by atoms with Crippen LogP contribution in [0.1, 0.15) is 57.2 Å². The molecule has 2 heterocycles. The second-order valence-corrected chi connectivity index (χ2v) is 7.38. The molecule has 0 atom stereocenters. The van der Waals surface area contributed by atoms with Crippen LogP contribution in [0.4, 0.5) is 0 Å². The topological polar surface area (TPSA) is 33.5 Å². The zero-order valence-corrected chi connectivity index (χ0v) is 15.8. The Kier molecular flexibility index (Phi) is 6.93. The van der Waals surface area contributed by atoms with Gasteiger partial charge in [-0.2, -0.15) is 5.10 Å². The molecule has 1 aromatic heterocycles. The van der Waals surface area contributed by atoms with Crippen LogP contribution in [0.15, 0.2) is 24.5 Å². The summed E-state index contributed by atoms with van der Waals surface area (Å²) in [6, 6.07) is 2.72. The third-order valence-electron chi connectivity index (χ3n) is 5.64. The number of rotatable bonds is 8. The van der Waals surface area contributed by atoms with E-state index in [0.29, 0.717) is 12.6 Å². The van der Waals surface area contributed by atoms with Gasteiger partial charge in [-0.1, -0.05) is 32.8 Å². The lowest BCUT2D eigenvalue weighted by Crippen LogP contribution is -2.46. The third kappa shape index (κ3) is 5.32. The van der Waals surface area contributed by atoms with Crippen molar-refractivity contribution in [2.45, 2.75) is 58.1 Å². The van der Waals surface area contributed by atoms with Gasteiger partial charge in [0.2, 0.25) is 0 Å². The van der Waals surface area contributed by atoms with E-state index in [9.17, 15) is 0 Å². The van der Waals surface area contributed by atoms with Crippen molar-refractivity contribution in [3.8, 4) is 0 Å². The SMILES string of the molecule is C=C(CC)N1CCN(CCOCc2ccn(C3CCCCC3)n2)CC1. The molecule has 1 aromatic rings. The van der Waals surface area contributed by atoms with Crippen LogP contribution in [0, 0.1) is 0 Å². The van der Waals surface area contributed by atoms with Crippen LogP contribution in [0.2, 0.25) is 0 Å². The first-order chi connectivity index (χ1) is 12.3. The Hall–Kier alpha value is -1.33. The van der Waals surface area contributed by atoms with Crippen molar-refractivity contribution >= 4 is 0 Å². The zero-order chi connectivity index (χ0) is 17.5. The van der Waals surface area contributed by atoms with Crippen molar-refractivity contribution in [1.82, 2.24) is 19.6 Å². The quantitative estimate of drug-likeness (QED) is 0.675. The smallest absolute Gasteiger partial charge is 0.0907 e. The molecule has 0 N–H and O–H groups in total. The number of nitrogens with zero attached hydrogens (tertiary/aromatic N) is 4. The number of hydrogen-bond donors (Lipinski definition) is 0. The van der Waals surface area contributed by atoms with Crippen LogP contribution in [-0.2, 0) is 11.3 Å². The molecule has 25 heavy (non-hydrogen) atoms. The lowest BCUT2D eigenvalue weighted by Gasteiger charge is -2.36. The van der Waals surface area contributed by atoms with E-state index >= 15 is 0 Å². The van der Waals surface area contributed by atoms with Crippen LogP contribution in [0.25, 0.3) is 0 Å². The van der Waals surface area contributed by atoms with Gasteiger partial charge in [-0.05, 0) is 25.3 Å². The molecule has 5 nitrogen and oxygen atoms in total. The first-order valence-corrected chi connectivity index (χ1v) is 10.0. The summed E-state index contributed by atoms with van der Waals surface area (Å²) in [5, 5.41) is 4.72. The molecule has 1 saturated heterocycles. The van der Waals surface area contributed by atoms with Crippen LogP contribution >= 0.6 is 0 Å². The van der Waals surface area contributed by atoms with Crippen molar-refractivity contribution in [3.63, 3.8) is 0 Å². The number of piperazine rings is 1. The average Bonchev–Trinajstić information content (AvgIpc) is 3.15. The Morgan fingerprint density at radius 3 is 2.68 bits per heavy atom.